The molecule has 1 saturated heterocycles. The Morgan fingerprint density at radius 1 is 0.976 bits per heavy atom. The fourth-order valence-corrected chi connectivity index (χ4v) is 5.19. The van der Waals surface area contributed by atoms with Gasteiger partial charge in [-0.15, -0.1) is 6.42 Å². The minimum atomic E-state index is -2.11. The van der Waals surface area contributed by atoms with Crippen molar-refractivity contribution in [2.24, 2.45) is 5.11 Å². The number of nitrogens with one attached hydrogen (secondary N) is 1. The van der Waals surface area contributed by atoms with Crippen LogP contribution in [0.5, 0.6) is 0 Å². The molecule has 1 aliphatic rings. The van der Waals surface area contributed by atoms with Gasteiger partial charge in [-0.25, -0.2) is 4.79 Å². The minimum Gasteiger partial charge on any atom is -0.458 e. The summed E-state index contributed by atoms with van der Waals surface area (Å²) >= 11 is 0. The number of rotatable bonds is 9. The molecular formula is C32H33N5O4. The van der Waals surface area contributed by atoms with Crippen molar-refractivity contribution in [1.29, 1.82) is 0 Å². The summed E-state index contributed by atoms with van der Waals surface area (Å²) in [6, 6.07) is 26.1. The SMILES string of the molecule is C#CC(C)(O)C(C(=O)OC(C)(C)C)N1C(=O)C(NC(c2ccccc2)(c2ccccc2)c2ccccc2)C1N=[N+]=[N-]. The average molecular weight is 552 g/mol. The van der Waals surface area contributed by atoms with Crippen LogP contribution in [0.3, 0.4) is 0 Å². The highest BCUT2D eigenvalue weighted by Gasteiger charge is 2.59. The van der Waals surface area contributed by atoms with Gasteiger partial charge in [-0.3, -0.25) is 10.1 Å². The molecule has 41 heavy (non-hydrogen) atoms. The summed E-state index contributed by atoms with van der Waals surface area (Å²) < 4.78 is 5.52. The van der Waals surface area contributed by atoms with Gasteiger partial charge in [-0.2, -0.15) is 0 Å². The molecule has 210 valence electrons. The first-order valence-corrected chi connectivity index (χ1v) is 13.2. The molecular weight excluding hydrogens is 518 g/mol. The molecule has 1 aliphatic heterocycles. The fourth-order valence-electron chi connectivity index (χ4n) is 5.19. The third-order valence-corrected chi connectivity index (χ3v) is 7.00. The first-order valence-electron chi connectivity index (χ1n) is 13.2. The molecule has 4 unspecified atom stereocenters. The lowest BCUT2D eigenvalue weighted by Crippen LogP contribution is -2.77. The second-order valence-electron chi connectivity index (χ2n) is 11.1. The second-order valence-corrected chi connectivity index (χ2v) is 11.1. The smallest absolute Gasteiger partial charge is 0.333 e. The van der Waals surface area contributed by atoms with Crippen molar-refractivity contribution in [2.45, 2.75) is 62.7 Å². The molecule has 1 heterocycles. The van der Waals surface area contributed by atoms with Gasteiger partial charge in [0.2, 0.25) is 5.91 Å². The van der Waals surface area contributed by atoms with Crippen molar-refractivity contribution >= 4 is 11.9 Å². The highest BCUT2D eigenvalue weighted by atomic mass is 16.6. The Labute approximate surface area is 239 Å². The second kappa shape index (κ2) is 11.5. The molecule has 9 nitrogen and oxygen atoms in total. The monoisotopic (exact) mass is 551 g/mol. The summed E-state index contributed by atoms with van der Waals surface area (Å²) in [5, 5.41) is 18.4. The highest BCUT2D eigenvalue weighted by Crippen LogP contribution is 2.40. The Morgan fingerprint density at radius 2 is 1.41 bits per heavy atom. The maximum atomic E-state index is 14.0. The lowest BCUT2D eigenvalue weighted by molar-refractivity contribution is -0.185. The number of terminal acetylenes is 1. The van der Waals surface area contributed by atoms with E-state index in [4.69, 9.17) is 11.2 Å². The van der Waals surface area contributed by atoms with Gasteiger partial charge in [-0.05, 0) is 49.9 Å². The zero-order valence-corrected chi connectivity index (χ0v) is 23.4. The topological polar surface area (TPSA) is 128 Å². The molecule has 0 radical (unpaired) electrons. The number of carbonyl (C=O) groups excluding carboxylic acids is 2. The van der Waals surface area contributed by atoms with E-state index >= 15 is 0 Å². The molecule has 4 rings (SSSR count). The lowest BCUT2D eigenvalue weighted by atomic mass is 9.75. The van der Waals surface area contributed by atoms with Crippen molar-refractivity contribution in [3.05, 3.63) is 118 Å². The molecule has 1 fully saturated rings. The van der Waals surface area contributed by atoms with Gasteiger partial charge in [0.25, 0.3) is 0 Å². The molecule has 1 amide bonds. The Balaban J connectivity index is 1.86. The van der Waals surface area contributed by atoms with E-state index < -0.39 is 46.9 Å². The standard InChI is InChI=1S/C32H33N5O4/c1-6-31(5,40)26(29(39)41-30(2,3)4)37-27(35-36-33)25(28(37)38)34-32(22-16-10-7-11-17-22,23-18-12-8-13-19-23)24-20-14-9-15-21-24/h1,7-21,25-27,34,40H,2-5H3. The summed E-state index contributed by atoms with van der Waals surface area (Å²) in [6.45, 7) is 6.22. The van der Waals surface area contributed by atoms with Crippen molar-refractivity contribution < 1.29 is 19.4 Å². The number of amides is 1. The van der Waals surface area contributed by atoms with Crippen LogP contribution in [0.15, 0.2) is 96.1 Å². The number of esters is 1. The van der Waals surface area contributed by atoms with Crippen LogP contribution in [0.4, 0.5) is 0 Å². The van der Waals surface area contributed by atoms with Gasteiger partial charge in [-0.1, -0.05) is 102 Å². The number of benzene rings is 3. The molecule has 0 saturated carbocycles. The first-order chi connectivity index (χ1) is 19.5. The van der Waals surface area contributed by atoms with Crippen molar-refractivity contribution in [1.82, 2.24) is 10.2 Å². The van der Waals surface area contributed by atoms with E-state index in [0.717, 1.165) is 21.6 Å². The number of hydrogen-bond donors (Lipinski definition) is 2. The number of aliphatic hydroxyl groups is 1. The molecule has 4 atom stereocenters. The van der Waals surface area contributed by atoms with Gasteiger partial charge < -0.3 is 14.7 Å². The maximum absolute atomic E-state index is 14.0. The van der Waals surface area contributed by atoms with Gasteiger partial charge in [0.15, 0.2) is 11.6 Å². The lowest BCUT2D eigenvalue weighted by Gasteiger charge is -2.53. The Hall–Kier alpha value is -4.61. The predicted octanol–water partition coefficient (Wildman–Crippen LogP) is 4.51. The quantitative estimate of drug-likeness (QED) is 0.0769. The number of nitrogens with zero attached hydrogens (tertiary/aromatic N) is 4. The van der Waals surface area contributed by atoms with Crippen LogP contribution in [0.2, 0.25) is 0 Å². The molecule has 0 spiro atoms. The highest BCUT2D eigenvalue weighted by molar-refractivity contribution is 5.95. The van der Waals surface area contributed by atoms with Crippen LogP contribution in [-0.2, 0) is 19.9 Å². The largest absolute Gasteiger partial charge is 0.458 e. The summed E-state index contributed by atoms with van der Waals surface area (Å²) in [4.78, 5) is 31.3. The molecule has 0 bridgehead atoms. The van der Waals surface area contributed by atoms with Crippen LogP contribution in [0, 0.1) is 12.3 Å². The number of carbonyl (C=O) groups is 2. The van der Waals surface area contributed by atoms with Crippen LogP contribution in [0.25, 0.3) is 10.4 Å². The van der Waals surface area contributed by atoms with E-state index in [2.05, 4.69) is 21.3 Å². The van der Waals surface area contributed by atoms with E-state index in [1.54, 1.807) is 20.8 Å². The first kappa shape index (κ1) is 29.4. The van der Waals surface area contributed by atoms with Gasteiger partial charge in [0.1, 0.15) is 17.8 Å². The zero-order chi connectivity index (χ0) is 29.8. The number of azide groups is 1. The fraction of sp³-hybridized carbons (Fsp3) is 0.312. The molecule has 3 aromatic rings. The molecule has 0 aliphatic carbocycles. The van der Waals surface area contributed by atoms with Crippen LogP contribution in [-0.4, -0.2) is 51.3 Å². The zero-order valence-electron chi connectivity index (χ0n) is 23.4. The van der Waals surface area contributed by atoms with E-state index in [1.807, 2.05) is 91.0 Å². The van der Waals surface area contributed by atoms with E-state index in [9.17, 15) is 20.2 Å². The van der Waals surface area contributed by atoms with Crippen molar-refractivity contribution in [2.75, 3.05) is 0 Å². The Morgan fingerprint density at radius 3 is 1.78 bits per heavy atom. The summed E-state index contributed by atoms with van der Waals surface area (Å²) in [5.41, 5.74) is 7.92. The molecule has 2 N–H and O–H groups in total. The third kappa shape index (κ3) is 5.67. The van der Waals surface area contributed by atoms with E-state index in [1.165, 1.54) is 6.92 Å². The maximum Gasteiger partial charge on any atom is 0.333 e. The van der Waals surface area contributed by atoms with Crippen LogP contribution in [0.1, 0.15) is 44.4 Å². The summed E-state index contributed by atoms with van der Waals surface area (Å²) in [7, 11) is 0. The third-order valence-electron chi connectivity index (χ3n) is 7.00. The normalized spacial score (nSPS) is 19.1. The minimum absolute atomic E-state index is 0.582. The van der Waals surface area contributed by atoms with Gasteiger partial charge >= 0.3 is 5.97 Å². The molecule has 0 aromatic heterocycles. The van der Waals surface area contributed by atoms with E-state index in [-0.39, 0.29) is 0 Å². The Bertz CT molecular complexity index is 1380. The number of β-lactam (4-membered cyclic amide) rings is 1. The Kier molecular flexibility index (Phi) is 8.22. The number of likely N-dealkylation sites (tertiary alicyclic amines) is 1. The number of ether oxygens (including phenoxy) is 1. The molecule has 9 heteroatoms. The predicted molar refractivity (Wildman–Crippen MR) is 155 cm³/mol. The summed E-state index contributed by atoms with van der Waals surface area (Å²) in [5.74, 6) is 0.693. The van der Waals surface area contributed by atoms with Crippen molar-refractivity contribution in [3.63, 3.8) is 0 Å². The van der Waals surface area contributed by atoms with Crippen molar-refractivity contribution in [3.8, 4) is 12.3 Å². The van der Waals surface area contributed by atoms with Crippen LogP contribution < -0.4 is 5.32 Å². The number of hydrogen-bond acceptors (Lipinski definition) is 6. The molecule has 3 aromatic carbocycles. The van der Waals surface area contributed by atoms with Crippen LogP contribution >= 0.6 is 0 Å². The van der Waals surface area contributed by atoms with E-state index in [0.29, 0.717) is 0 Å². The van der Waals surface area contributed by atoms with Gasteiger partial charge in [0.05, 0.1) is 5.54 Å². The summed E-state index contributed by atoms with van der Waals surface area (Å²) in [6.07, 6.45) is 4.38. The van der Waals surface area contributed by atoms with Gasteiger partial charge in [0, 0.05) is 4.91 Å². The average Bonchev–Trinajstić information content (AvgIpc) is 2.96.